The molecule has 0 saturated heterocycles. The maximum absolute atomic E-state index is 5.70. The second-order valence-corrected chi connectivity index (χ2v) is 4.42. The molecule has 2 heterocycles. The first kappa shape index (κ1) is 10.9. The highest BCUT2D eigenvalue weighted by Crippen LogP contribution is 2.21. The molecule has 6 heteroatoms. The number of para-hydroxylation sites is 1. The van der Waals surface area contributed by atoms with Crippen LogP contribution in [0.2, 0.25) is 0 Å². The molecule has 2 aromatic heterocycles. The van der Waals surface area contributed by atoms with E-state index in [9.17, 15) is 0 Å². The Balaban J connectivity index is 2.04. The Bertz CT molecular complexity index is 913. The molecular formula is C14H10N6. The van der Waals surface area contributed by atoms with Gasteiger partial charge >= 0.3 is 0 Å². The zero-order valence-corrected chi connectivity index (χ0v) is 10.4. The molecule has 0 bridgehead atoms. The summed E-state index contributed by atoms with van der Waals surface area (Å²) in [5.41, 5.74) is 9.49. The molecule has 4 rings (SSSR count). The molecule has 4 aromatic rings. The third-order valence-corrected chi connectivity index (χ3v) is 3.07. The van der Waals surface area contributed by atoms with Crippen LogP contribution in [0, 0.1) is 0 Å². The first-order valence-corrected chi connectivity index (χ1v) is 6.15. The molecule has 0 fully saturated rings. The molecule has 2 N–H and O–H groups in total. The second-order valence-electron chi connectivity index (χ2n) is 4.42. The minimum absolute atomic E-state index is 0.374. The Labute approximate surface area is 113 Å². The Morgan fingerprint density at radius 2 is 1.65 bits per heavy atom. The standard InChI is InChI=1S/C14H10N6/c15-12-8-16-10-6-7-11-14(13(10)17-12)19-20(18-11)9-4-2-1-3-5-9/h1-8H,(H2,15,17). The zero-order valence-electron chi connectivity index (χ0n) is 10.4. The van der Waals surface area contributed by atoms with Crippen LogP contribution in [0.3, 0.4) is 0 Å². The molecule has 0 saturated carbocycles. The highest BCUT2D eigenvalue weighted by atomic mass is 15.5. The number of fused-ring (bicyclic) bond motifs is 3. The fourth-order valence-electron chi connectivity index (χ4n) is 2.14. The molecule has 0 amide bonds. The van der Waals surface area contributed by atoms with E-state index in [4.69, 9.17) is 5.73 Å². The zero-order chi connectivity index (χ0) is 13.5. The van der Waals surface area contributed by atoms with Gasteiger partial charge in [-0.3, -0.25) is 4.98 Å². The third-order valence-electron chi connectivity index (χ3n) is 3.07. The molecule has 20 heavy (non-hydrogen) atoms. The number of hydrogen-bond acceptors (Lipinski definition) is 5. The lowest BCUT2D eigenvalue weighted by Gasteiger charge is -1.97. The van der Waals surface area contributed by atoms with Crippen LogP contribution < -0.4 is 5.73 Å². The minimum Gasteiger partial charge on any atom is -0.382 e. The van der Waals surface area contributed by atoms with Gasteiger partial charge in [0.15, 0.2) is 0 Å². The number of rotatable bonds is 1. The number of hydrogen-bond donors (Lipinski definition) is 1. The van der Waals surface area contributed by atoms with Gasteiger partial charge in [0.1, 0.15) is 22.4 Å². The SMILES string of the molecule is Nc1cnc2ccc3nn(-c4ccccc4)nc3c2n1. The summed E-state index contributed by atoms with van der Waals surface area (Å²) in [5, 5.41) is 8.96. The topological polar surface area (TPSA) is 82.5 Å². The molecule has 0 unspecified atom stereocenters. The van der Waals surface area contributed by atoms with Crippen molar-refractivity contribution in [2.45, 2.75) is 0 Å². The van der Waals surface area contributed by atoms with Gasteiger partial charge in [-0.05, 0) is 24.3 Å². The smallest absolute Gasteiger partial charge is 0.142 e. The highest BCUT2D eigenvalue weighted by Gasteiger charge is 2.10. The molecule has 96 valence electrons. The van der Waals surface area contributed by atoms with Crippen LogP contribution in [0.15, 0.2) is 48.7 Å². The third kappa shape index (κ3) is 1.58. The van der Waals surface area contributed by atoms with Crippen LogP contribution in [0.25, 0.3) is 27.8 Å². The lowest BCUT2D eigenvalue weighted by Crippen LogP contribution is -1.97. The van der Waals surface area contributed by atoms with Crippen molar-refractivity contribution in [1.29, 1.82) is 0 Å². The van der Waals surface area contributed by atoms with Crippen LogP contribution in [0.5, 0.6) is 0 Å². The molecule has 0 spiro atoms. The van der Waals surface area contributed by atoms with E-state index in [1.165, 1.54) is 6.20 Å². The summed E-state index contributed by atoms with van der Waals surface area (Å²) in [6.07, 6.45) is 1.54. The van der Waals surface area contributed by atoms with Crippen LogP contribution in [-0.2, 0) is 0 Å². The normalized spacial score (nSPS) is 11.2. The van der Waals surface area contributed by atoms with E-state index in [1.807, 2.05) is 42.5 Å². The van der Waals surface area contributed by atoms with E-state index in [-0.39, 0.29) is 0 Å². The van der Waals surface area contributed by atoms with Crippen LogP contribution in [0.4, 0.5) is 5.82 Å². The number of nitrogens with two attached hydrogens (primary N) is 1. The van der Waals surface area contributed by atoms with Crippen molar-refractivity contribution >= 4 is 27.9 Å². The van der Waals surface area contributed by atoms with Crippen molar-refractivity contribution in [2.24, 2.45) is 0 Å². The first-order valence-electron chi connectivity index (χ1n) is 6.15. The Hall–Kier alpha value is -3.02. The van der Waals surface area contributed by atoms with E-state index in [2.05, 4.69) is 20.2 Å². The number of nitrogens with zero attached hydrogens (tertiary/aromatic N) is 5. The first-order chi connectivity index (χ1) is 9.81. The van der Waals surface area contributed by atoms with Gasteiger partial charge in [-0.1, -0.05) is 18.2 Å². The molecule has 2 aromatic carbocycles. The largest absolute Gasteiger partial charge is 0.382 e. The Morgan fingerprint density at radius 1 is 0.850 bits per heavy atom. The second kappa shape index (κ2) is 3.99. The summed E-state index contributed by atoms with van der Waals surface area (Å²) in [6.45, 7) is 0. The lowest BCUT2D eigenvalue weighted by atomic mass is 10.2. The van der Waals surface area contributed by atoms with Gasteiger partial charge in [0, 0.05) is 0 Å². The summed E-state index contributed by atoms with van der Waals surface area (Å²) < 4.78 is 0. The molecule has 0 aliphatic heterocycles. The fourth-order valence-corrected chi connectivity index (χ4v) is 2.14. The molecular weight excluding hydrogens is 252 g/mol. The monoisotopic (exact) mass is 262 g/mol. The van der Waals surface area contributed by atoms with Crippen molar-refractivity contribution in [3.8, 4) is 5.69 Å². The summed E-state index contributed by atoms with van der Waals surface area (Å²) in [5.74, 6) is 0.374. The quantitative estimate of drug-likeness (QED) is 0.567. The van der Waals surface area contributed by atoms with Gasteiger partial charge < -0.3 is 5.73 Å². The van der Waals surface area contributed by atoms with Gasteiger partial charge in [0.05, 0.1) is 17.4 Å². The van der Waals surface area contributed by atoms with E-state index in [0.717, 1.165) is 16.7 Å². The summed E-state index contributed by atoms with van der Waals surface area (Å²) in [7, 11) is 0. The average molecular weight is 262 g/mol. The minimum atomic E-state index is 0.374. The van der Waals surface area contributed by atoms with Gasteiger partial charge in [0.2, 0.25) is 0 Å². The summed E-state index contributed by atoms with van der Waals surface area (Å²) in [4.78, 5) is 10.2. The Morgan fingerprint density at radius 3 is 2.50 bits per heavy atom. The molecule has 0 atom stereocenters. The van der Waals surface area contributed by atoms with Crippen LogP contribution >= 0.6 is 0 Å². The van der Waals surface area contributed by atoms with E-state index in [1.54, 1.807) is 4.80 Å². The maximum atomic E-state index is 5.70. The molecule has 6 nitrogen and oxygen atoms in total. The fraction of sp³-hybridized carbons (Fsp3) is 0. The predicted molar refractivity (Wildman–Crippen MR) is 76.4 cm³/mol. The summed E-state index contributed by atoms with van der Waals surface area (Å²) in [6, 6.07) is 13.5. The van der Waals surface area contributed by atoms with Crippen molar-refractivity contribution in [2.75, 3.05) is 5.73 Å². The highest BCUT2D eigenvalue weighted by molar-refractivity contribution is 5.99. The van der Waals surface area contributed by atoms with E-state index < -0.39 is 0 Å². The number of aromatic nitrogens is 5. The molecule has 0 aliphatic carbocycles. The molecule has 0 aliphatic rings. The maximum Gasteiger partial charge on any atom is 0.142 e. The van der Waals surface area contributed by atoms with Gasteiger partial charge in [0.25, 0.3) is 0 Å². The number of anilines is 1. The summed E-state index contributed by atoms with van der Waals surface area (Å²) >= 11 is 0. The Kier molecular flexibility index (Phi) is 2.17. The van der Waals surface area contributed by atoms with Gasteiger partial charge in [-0.15, -0.1) is 10.2 Å². The van der Waals surface area contributed by atoms with Crippen molar-refractivity contribution in [3.63, 3.8) is 0 Å². The molecule has 0 radical (unpaired) electrons. The van der Waals surface area contributed by atoms with Crippen LogP contribution in [-0.4, -0.2) is 25.0 Å². The number of benzene rings is 2. The van der Waals surface area contributed by atoms with E-state index in [0.29, 0.717) is 16.9 Å². The number of nitrogen functional groups attached to an aromatic ring is 1. The van der Waals surface area contributed by atoms with Crippen LogP contribution in [0.1, 0.15) is 0 Å². The van der Waals surface area contributed by atoms with Crippen molar-refractivity contribution in [3.05, 3.63) is 48.7 Å². The van der Waals surface area contributed by atoms with Crippen molar-refractivity contribution in [1.82, 2.24) is 25.0 Å². The lowest BCUT2D eigenvalue weighted by molar-refractivity contribution is 0.766. The van der Waals surface area contributed by atoms with E-state index >= 15 is 0 Å². The van der Waals surface area contributed by atoms with Gasteiger partial charge in [-0.2, -0.15) is 4.80 Å². The van der Waals surface area contributed by atoms with Gasteiger partial charge in [-0.25, -0.2) is 4.98 Å². The predicted octanol–water partition coefficient (Wildman–Crippen LogP) is 1.95. The average Bonchev–Trinajstić information content (AvgIpc) is 2.93. The van der Waals surface area contributed by atoms with Crippen molar-refractivity contribution < 1.29 is 0 Å².